The maximum atomic E-state index is 12.6. The van der Waals surface area contributed by atoms with Gasteiger partial charge in [-0.1, -0.05) is 12.1 Å². The molecule has 2 aromatic rings. The molecule has 0 aliphatic heterocycles. The van der Waals surface area contributed by atoms with E-state index in [0.29, 0.717) is 30.7 Å². The van der Waals surface area contributed by atoms with Crippen molar-refractivity contribution in [3.63, 3.8) is 0 Å². The molecule has 0 radical (unpaired) electrons. The molecule has 1 atom stereocenters. The topological polar surface area (TPSA) is 159 Å². The molecule has 0 bridgehead atoms. The zero-order valence-corrected chi connectivity index (χ0v) is 22.0. The van der Waals surface area contributed by atoms with Crippen LogP contribution in [0.3, 0.4) is 0 Å². The number of carbonyl (C=O) groups excluding carboxylic acids is 2. The monoisotopic (exact) mass is 638 g/mol. The molecule has 2 rings (SSSR count). The summed E-state index contributed by atoms with van der Waals surface area (Å²) in [6, 6.07) is 7.91. The van der Waals surface area contributed by atoms with Crippen molar-refractivity contribution in [1.29, 1.82) is 0 Å². The predicted molar refractivity (Wildman–Crippen MR) is 103 cm³/mol. The molecule has 0 aliphatic carbocycles. The van der Waals surface area contributed by atoms with Crippen LogP contribution in [0.5, 0.6) is 5.75 Å². The van der Waals surface area contributed by atoms with Gasteiger partial charge in [-0.25, -0.2) is 4.98 Å². The summed E-state index contributed by atoms with van der Waals surface area (Å²) in [5.41, 5.74) is 16.6. The van der Waals surface area contributed by atoms with Crippen molar-refractivity contribution in [2.45, 2.75) is 18.9 Å². The van der Waals surface area contributed by atoms with Crippen molar-refractivity contribution in [3.8, 4) is 5.75 Å². The predicted octanol–water partition coefficient (Wildman–Crippen LogP) is 0.0850. The molecular formula is C18H23N6O3Rf-. The van der Waals surface area contributed by atoms with Crippen molar-refractivity contribution >= 4 is 28.7 Å². The second kappa shape index (κ2) is 9.95. The number of nitrogens with one attached hydrogen (secondary N) is 1. The number of guanidine groups is 1. The van der Waals surface area contributed by atoms with E-state index in [2.05, 4.69) is 22.2 Å². The summed E-state index contributed by atoms with van der Waals surface area (Å²) < 4.78 is 5.50. The molecule has 10 heteroatoms. The fraction of sp³-hybridized carbons (Fsp3) is 0.278. The number of nitrogens with two attached hydrogens (primary N) is 3. The number of hydrogen-bond acceptors (Lipinski definition) is 5. The smallest absolute Gasteiger partial charge is 0.270 e. The van der Waals surface area contributed by atoms with Crippen LogP contribution in [0.2, 0.25) is 0 Å². The van der Waals surface area contributed by atoms with Crippen molar-refractivity contribution in [2.24, 2.45) is 22.2 Å². The third kappa shape index (κ3) is 5.58. The van der Waals surface area contributed by atoms with Crippen LogP contribution in [-0.4, -0.2) is 42.0 Å². The van der Waals surface area contributed by atoms with Crippen LogP contribution in [0.25, 0.3) is 10.9 Å². The molecular weight excluding hydrogens is 615 g/mol. The van der Waals surface area contributed by atoms with Crippen LogP contribution in [0, 0.1) is 6.92 Å². The molecule has 0 aliphatic rings. The Morgan fingerprint density at radius 3 is 2.61 bits per heavy atom. The van der Waals surface area contributed by atoms with E-state index in [1.54, 1.807) is 12.1 Å². The van der Waals surface area contributed by atoms with E-state index in [9.17, 15) is 9.59 Å². The number of nitrogens with zero attached hydrogens (tertiary/aromatic N) is 2. The molecule has 28 heavy (non-hydrogen) atoms. The van der Waals surface area contributed by atoms with Gasteiger partial charge in [-0.05, 0) is 31.6 Å². The Hall–Kier alpha value is -4.36. The van der Waals surface area contributed by atoms with E-state index in [4.69, 9.17) is 21.9 Å². The van der Waals surface area contributed by atoms with Gasteiger partial charge in [0.15, 0.2) is 5.96 Å². The molecule has 0 spiro atoms. The van der Waals surface area contributed by atoms with Gasteiger partial charge in [-0.15, -0.1) is 0 Å². The first-order valence-corrected chi connectivity index (χ1v) is 8.39. The molecule has 0 unspecified atom stereocenters. The van der Waals surface area contributed by atoms with Gasteiger partial charge in [0, 0.05) is 18.0 Å². The first kappa shape index (κ1) is 21.7. The molecule has 0 fully saturated rings. The van der Waals surface area contributed by atoms with Crippen molar-refractivity contribution in [1.82, 2.24) is 10.3 Å². The van der Waals surface area contributed by atoms with Crippen LogP contribution in [0.1, 0.15) is 23.3 Å². The summed E-state index contributed by atoms with van der Waals surface area (Å²) in [5.74, 6) is -0.722. The Morgan fingerprint density at radius 1 is 1.25 bits per heavy atom. The van der Waals surface area contributed by atoms with E-state index in [1.807, 2.05) is 12.1 Å². The maximum Gasteiger partial charge on any atom is 0.270 e. The van der Waals surface area contributed by atoms with Crippen LogP contribution in [-0.2, 0) is 4.79 Å². The van der Waals surface area contributed by atoms with Crippen LogP contribution in [0.4, 0.5) is 0 Å². The number of benzene rings is 1. The van der Waals surface area contributed by atoms with E-state index >= 15 is 0 Å². The molecule has 0 saturated carbocycles. The van der Waals surface area contributed by atoms with Gasteiger partial charge in [0.25, 0.3) is 5.91 Å². The number of para-hydroxylation sites is 1. The maximum absolute atomic E-state index is 12.6. The average Bonchev–Trinajstić information content (AvgIpc) is 2.63. The number of aliphatic imine (C=N–C) groups is 1. The fourth-order valence-corrected chi connectivity index (χ4v) is 2.51. The molecule has 1 aromatic carbocycles. The van der Waals surface area contributed by atoms with Gasteiger partial charge >= 0.3 is 0 Å². The Balaban J connectivity index is 0.00000392. The largest absolute Gasteiger partial charge is 0.524 e. The van der Waals surface area contributed by atoms with Gasteiger partial charge < -0.3 is 34.2 Å². The number of primary amides is 1. The number of carbonyl (C=O) groups is 2. The molecule has 0 saturated heterocycles. The average molecular weight is 638 g/mol. The molecule has 146 valence electrons. The van der Waals surface area contributed by atoms with Crippen LogP contribution in [0.15, 0.2) is 35.3 Å². The van der Waals surface area contributed by atoms with E-state index in [-0.39, 0.29) is 18.3 Å². The summed E-state index contributed by atoms with van der Waals surface area (Å²) in [7, 11) is 0. The number of aromatic nitrogens is 1. The van der Waals surface area contributed by atoms with Gasteiger partial charge in [-0.2, -0.15) is 0 Å². The summed E-state index contributed by atoms with van der Waals surface area (Å²) in [6.45, 7) is 4.18. The molecule has 2 amide bonds. The SMILES string of the molecule is [CH2-]COc1cc(C(=O)N[C@@H](CCCN=C(N)N)C(N)=O)nc2ccccc12.[Rf]. The van der Waals surface area contributed by atoms with Gasteiger partial charge in [0.05, 0.1) is 5.52 Å². The normalized spacial score (nSPS) is 11.2. The van der Waals surface area contributed by atoms with Crippen molar-refractivity contribution < 1.29 is 14.3 Å². The Morgan fingerprint density at radius 2 is 1.96 bits per heavy atom. The molecule has 1 aromatic heterocycles. The van der Waals surface area contributed by atoms with Crippen molar-refractivity contribution in [2.75, 3.05) is 13.2 Å². The van der Waals surface area contributed by atoms with E-state index < -0.39 is 17.9 Å². The number of pyridine rings is 1. The molecule has 7 N–H and O–H groups in total. The second-order valence-corrected chi connectivity index (χ2v) is 5.75. The summed E-state index contributed by atoms with van der Waals surface area (Å²) in [4.78, 5) is 32.4. The number of hydrogen-bond donors (Lipinski definition) is 4. The summed E-state index contributed by atoms with van der Waals surface area (Å²) >= 11 is 0. The third-order valence-corrected chi connectivity index (χ3v) is 3.76. The van der Waals surface area contributed by atoms with Gasteiger partial charge in [-0.3, -0.25) is 14.6 Å². The zero-order chi connectivity index (χ0) is 19.8. The van der Waals surface area contributed by atoms with Crippen LogP contribution < -0.4 is 27.3 Å². The standard InChI is InChI=1S/C18H23N6O3.Rf/c1-2-27-15-10-14(23-12-7-4-3-6-11(12)15)17(26)24-13(16(19)25)8-5-9-22-18(20)21;/h3-4,6-7,10,13H,1-2,5,8-9H2,(H2,19,25)(H,24,26)(H4,20,21,22);/q-1;/t13-;/m0./s1. The Bertz CT molecular complexity index is 854. The Labute approximate surface area is 157 Å². The summed E-state index contributed by atoms with van der Waals surface area (Å²) in [6.07, 6.45) is 0.778. The third-order valence-electron chi connectivity index (χ3n) is 3.76. The first-order chi connectivity index (χ1) is 12.9. The minimum Gasteiger partial charge on any atom is -0.524 e. The molecule has 9 nitrogen and oxygen atoms in total. The van der Waals surface area contributed by atoms with E-state index in [0.717, 1.165) is 5.39 Å². The first-order valence-electron chi connectivity index (χ1n) is 8.39. The summed E-state index contributed by atoms with van der Waals surface area (Å²) in [5, 5.41) is 3.36. The van der Waals surface area contributed by atoms with Crippen molar-refractivity contribution in [3.05, 3.63) is 42.9 Å². The zero-order valence-electron chi connectivity index (χ0n) is 15.6. The minimum atomic E-state index is -0.864. The minimum absolute atomic E-state index is 0. The number of rotatable bonds is 9. The van der Waals surface area contributed by atoms with Gasteiger partial charge in [0.2, 0.25) is 5.91 Å². The molecule has 1 heterocycles. The number of ether oxygens (including phenoxy) is 1. The number of amides is 2. The van der Waals surface area contributed by atoms with Gasteiger partial charge in [0.1, 0.15) is 17.5 Å². The fourth-order valence-electron chi connectivity index (χ4n) is 2.51. The van der Waals surface area contributed by atoms with E-state index in [1.165, 1.54) is 6.07 Å². The van der Waals surface area contributed by atoms with Crippen LogP contribution >= 0.6 is 0 Å². The second-order valence-electron chi connectivity index (χ2n) is 5.75. The Kier molecular flexibility index (Phi) is 7.71. The number of fused-ring (bicyclic) bond motifs is 1. The quantitative estimate of drug-likeness (QED) is 0.132.